The molecule has 0 unspecified atom stereocenters. The molecule has 0 N–H and O–H groups in total. The van der Waals surface area contributed by atoms with E-state index in [0.717, 1.165) is 12.2 Å². The molecule has 2 rings (SSSR count). The van der Waals surface area contributed by atoms with E-state index in [9.17, 15) is 4.79 Å². The first-order valence-electron chi connectivity index (χ1n) is 5.47. The second-order valence-electron chi connectivity index (χ2n) is 3.57. The van der Waals surface area contributed by atoms with Gasteiger partial charge in [-0.15, -0.1) is 11.3 Å². The van der Waals surface area contributed by atoms with Gasteiger partial charge in [0.05, 0.1) is 17.0 Å². The fraction of sp³-hybridized carbons (Fsp3) is 0.231. The SMILES string of the molecule is CCCOc1ccc(C(=O)c2cncs2)cc1. The Bertz CT molecular complexity index is 477. The van der Waals surface area contributed by atoms with Gasteiger partial charge in [0.15, 0.2) is 0 Å². The summed E-state index contributed by atoms with van der Waals surface area (Å²) in [5, 5.41) is 0. The van der Waals surface area contributed by atoms with Gasteiger partial charge < -0.3 is 4.74 Å². The molecule has 0 aliphatic carbocycles. The third-order valence-corrected chi connectivity index (χ3v) is 3.02. The lowest BCUT2D eigenvalue weighted by atomic mass is 10.1. The summed E-state index contributed by atoms with van der Waals surface area (Å²) in [5.41, 5.74) is 2.32. The summed E-state index contributed by atoms with van der Waals surface area (Å²) in [6, 6.07) is 7.22. The molecule has 0 bridgehead atoms. The number of hydrogen-bond donors (Lipinski definition) is 0. The van der Waals surface area contributed by atoms with Gasteiger partial charge in [-0.3, -0.25) is 9.78 Å². The minimum atomic E-state index is 0.00883. The van der Waals surface area contributed by atoms with Crippen molar-refractivity contribution in [2.45, 2.75) is 13.3 Å². The van der Waals surface area contributed by atoms with Crippen molar-refractivity contribution in [3.05, 3.63) is 46.4 Å². The predicted molar refractivity (Wildman–Crippen MR) is 67.8 cm³/mol. The molecule has 1 heterocycles. The monoisotopic (exact) mass is 247 g/mol. The van der Waals surface area contributed by atoms with Crippen LogP contribution in [0.2, 0.25) is 0 Å². The number of thiazole rings is 1. The summed E-state index contributed by atoms with van der Waals surface area (Å²) in [6.07, 6.45) is 2.57. The Balaban J connectivity index is 2.10. The van der Waals surface area contributed by atoms with Gasteiger partial charge >= 0.3 is 0 Å². The summed E-state index contributed by atoms with van der Waals surface area (Å²) >= 11 is 1.35. The van der Waals surface area contributed by atoms with Crippen molar-refractivity contribution in [3.63, 3.8) is 0 Å². The van der Waals surface area contributed by atoms with Crippen LogP contribution in [0.5, 0.6) is 5.75 Å². The average molecular weight is 247 g/mol. The summed E-state index contributed by atoms with van der Waals surface area (Å²) in [6.45, 7) is 2.75. The molecule has 0 amide bonds. The van der Waals surface area contributed by atoms with Crippen LogP contribution in [0.3, 0.4) is 0 Å². The number of rotatable bonds is 5. The highest BCUT2D eigenvalue weighted by Gasteiger charge is 2.10. The molecule has 3 nitrogen and oxygen atoms in total. The Kier molecular flexibility index (Phi) is 3.88. The van der Waals surface area contributed by atoms with E-state index in [2.05, 4.69) is 11.9 Å². The fourth-order valence-electron chi connectivity index (χ4n) is 1.39. The van der Waals surface area contributed by atoms with Crippen LogP contribution in [0.1, 0.15) is 28.6 Å². The van der Waals surface area contributed by atoms with E-state index in [-0.39, 0.29) is 5.78 Å². The molecule has 0 atom stereocenters. The molecule has 0 saturated carbocycles. The standard InChI is InChI=1S/C13H13NO2S/c1-2-7-16-11-5-3-10(4-6-11)13(15)12-8-14-9-17-12/h3-6,8-9H,2,7H2,1H3. The Labute approximate surface area is 104 Å². The average Bonchev–Trinajstić information content (AvgIpc) is 2.90. The van der Waals surface area contributed by atoms with Gasteiger partial charge in [-0.25, -0.2) is 0 Å². The van der Waals surface area contributed by atoms with Crippen molar-refractivity contribution >= 4 is 17.1 Å². The van der Waals surface area contributed by atoms with Gasteiger partial charge in [-0.1, -0.05) is 6.92 Å². The van der Waals surface area contributed by atoms with Crippen LogP contribution in [-0.4, -0.2) is 17.4 Å². The number of benzene rings is 1. The zero-order chi connectivity index (χ0) is 12.1. The lowest BCUT2D eigenvalue weighted by Crippen LogP contribution is -1.99. The van der Waals surface area contributed by atoms with Gasteiger partial charge in [0, 0.05) is 11.8 Å². The van der Waals surface area contributed by atoms with Gasteiger partial charge in [0.2, 0.25) is 5.78 Å². The minimum absolute atomic E-state index is 0.00883. The summed E-state index contributed by atoms with van der Waals surface area (Å²) in [5.74, 6) is 0.808. The van der Waals surface area contributed by atoms with Crippen molar-refractivity contribution in [3.8, 4) is 5.75 Å². The first-order chi connectivity index (χ1) is 8.31. The summed E-state index contributed by atoms with van der Waals surface area (Å²) in [7, 11) is 0. The molecule has 0 aliphatic rings. The molecule has 0 spiro atoms. The first-order valence-corrected chi connectivity index (χ1v) is 6.35. The topological polar surface area (TPSA) is 39.2 Å². The second-order valence-corrected chi connectivity index (χ2v) is 4.45. The van der Waals surface area contributed by atoms with Crippen LogP contribution in [-0.2, 0) is 0 Å². The lowest BCUT2D eigenvalue weighted by molar-refractivity contribution is 0.104. The van der Waals surface area contributed by atoms with Crippen LogP contribution in [0.15, 0.2) is 36.0 Å². The zero-order valence-electron chi connectivity index (χ0n) is 9.55. The highest BCUT2D eigenvalue weighted by Crippen LogP contribution is 2.17. The van der Waals surface area contributed by atoms with Crippen LogP contribution in [0.25, 0.3) is 0 Å². The van der Waals surface area contributed by atoms with E-state index in [1.165, 1.54) is 11.3 Å². The molecule has 1 aromatic heterocycles. The zero-order valence-corrected chi connectivity index (χ0v) is 10.4. The van der Waals surface area contributed by atoms with Crippen molar-refractivity contribution in [2.24, 2.45) is 0 Å². The maximum atomic E-state index is 12.0. The normalized spacial score (nSPS) is 10.2. The third kappa shape index (κ3) is 2.91. The van der Waals surface area contributed by atoms with Gasteiger partial charge in [0.1, 0.15) is 5.75 Å². The van der Waals surface area contributed by atoms with E-state index in [4.69, 9.17) is 4.74 Å². The highest BCUT2D eigenvalue weighted by atomic mass is 32.1. The number of ketones is 1. The Morgan fingerprint density at radius 1 is 1.35 bits per heavy atom. The molecule has 0 fully saturated rings. The van der Waals surface area contributed by atoms with Crippen LogP contribution >= 0.6 is 11.3 Å². The van der Waals surface area contributed by atoms with Crippen LogP contribution in [0, 0.1) is 0 Å². The highest BCUT2D eigenvalue weighted by molar-refractivity contribution is 7.11. The van der Waals surface area contributed by atoms with Crippen molar-refractivity contribution < 1.29 is 9.53 Å². The second kappa shape index (κ2) is 5.59. The van der Waals surface area contributed by atoms with E-state index < -0.39 is 0 Å². The fourth-order valence-corrected chi connectivity index (χ4v) is 1.97. The summed E-state index contributed by atoms with van der Waals surface area (Å²) < 4.78 is 5.46. The molecule has 0 aliphatic heterocycles. The number of nitrogens with zero attached hydrogens (tertiary/aromatic N) is 1. The largest absolute Gasteiger partial charge is 0.494 e. The maximum absolute atomic E-state index is 12.0. The molecule has 4 heteroatoms. The third-order valence-electron chi connectivity index (χ3n) is 2.25. The number of hydrogen-bond acceptors (Lipinski definition) is 4. The quantitative estimate of drug-likeness (QED) is 0.762. The van der Waals surface area contributed by atoms with Crippen LogP contribution in [0.4, 0.5) is 0 Å². The molecule has 2 aromatic rings. The van der Waals surface area contributed by atoms with Gasteiger partial charge in [-0.2, -0.15) is 0 Å². The van der Waals surface area contributed by atoms with Crippen molar-refractivity contribution in [1.29, 1.82) is 0 Å². The van der Waals surface area contributed by atoms with Crippen LogP contribution < -0.4 is 4.74 Å². The Hall–Kier alpha value is -1.68. The molecule has 0 saturated heterocycles. The number of aromatic nitrogens is 1. The minimum Gasteiger partial charge on any atom is -0.494 e. The van der Waals surface area contributed by atoms with Gasteiger partial charge in [0.25, 0.3) is 0 Å². The smallest absolute Gasteiger partial charge is 0.204 e. The number of carbonyl (C=O) groups excluding carboxylic acids is 1. The molecule has 17 heavy (non-hydrogen) atoms. The summed E-state index contributed by atoms with van der Waals surface area (Å²) in [4.78, 5) is 16.5. The van der Waals surface area contributed by atoms with E-state index >= 15 is 0 Å². The lowest BCUT2D eigenvalue weighted by Gasteiger charge is -2.04. The Morgan fingerprint density at radius 3 is 2.71 bits per heavy atom. The number of ether oxygens (including phenoxy) is 1. The van der Waals surface area contributed by atoms with E-state index in [1.54, 1.807) is 23.8 Å². The van der Waals surface area contributed by atoms with Crippen molar-refractivity contribution in [1.82, 2.24) is 4.98 Å². The van der Waals surface area contributed by atoms with E-state index in [1.807, 2.05) is 12.1 Å². The molecule has 88 valence electrons. The number of carbonyl (C=O) groups is 1. The first kappa shape index (κ1) is 11.8. The molecular formula is C13H13NO2S. The molecular weight excluding hydrogens is 234 g/mol. The maximum Gasteiger partial charge on any atom is 0.204 e. The predicted octanol–water partition coefficient (Wildman–Crippen LogP) is 3.16. The van der Waals surface area contributed by atoms with E-state index in [0.29, 0.717) is 17.0 Å². The molecule has 0 radical (unpaired) electrons. The van der Waals surface area contributed by atoms with Gasteiger partial charge in [-0.05, 0) is 30.7 Å². The van der Waals surface area contributed by atoms with Crippen molar-refractivity contribution in [2.75, 3.05) is 6.61 Å². The molecule has 1 aromatic carbocycles. The Morgan fingerprint density at radius 2 is 2.12 bits per heavy atom.